The van der Waals surface area contributed by atoms with Crippen LogP contribution in [0.15, 0.2) is 48.2 Å². The van der Waals surface area contributed by atoms with Gasteiger partial charge in [-0.25, -0.2) is 0 Å². The quantitative estimate of drug-likeness (QED) is 0.398. The molecule has 0 unspecified atom stereocenters. The van der Waals surface area contributed by atoms with E-state index in [0.717, 1.165) is 0 Å². The average molecular weight is 282 g/mol. The van der Waals surface area contributed by atoms with Gasteiger partial charge in [0.1, 0.15) is 11.6 Å². The number of carbonyl (C=O) groups is 1. The molecule has 104 valence electrons. The molecule has 21 heavy (non-hydrogen) atoms. The van der Waals surface area contributed by atoms with Crippen molar-refractivity contribution in [1.29, 1.82) is 5.26 Å². The number of benzene rings is 1. The monoisotopic (exact) mass is 282 g/mol. The largest absolute Gasteiger partial charge is 0.365 e. The lowest BCUT2D eigenvalue weighted by Gasteiger charge is -2.06. The summed E-state index contributed by atoms with van der Waals surface area (Å²) in [6.07, 6.45) is 3.00. The maximum Gasteiger partial charge on any atom is 0.271 e. The maximum absolute atomic E-state index is 11.1. The molecular weight excluding hydrogens is 272 g/mol. The minimum atomic E-state index is -0.829. The summed E-state index contributed by atoms with van der Waals surface area (Å²) in [6.45, 7) is 0. The molecule has 0 fully saturated rings. The molecule has 0 saturated heterocycles. The fourth-order valence-electron chi connectivity index (χ4n) is 1.81. The fourth-order valence-corrected chi connectivity index (χ4v) is 1.81. The predicted molar refractivity (Wildman–Crippen MR) is 75.2 cm³/mol. The molecule has 1 heterocycles. The number of carbonyl (C=O) groups excluding carboxylic acids is 1. The lowest BCUT2D eigenvalue weighted by molar-refractivity contribution is -0.384. The van der Waals surface area contributed by atoms with Gasteiger partial charge in [0.2, 0.25) is 0 Å². The third-order valence-electron chi connectivity index (χ3n) is 2.78. The Bertz CT molecular complexity index is 784. The number of hydrogen-bond acceptors (Lipinski definition) is 4. The van der Waals surface area contributed by atoms with Crippen LogP contribution in [0.3, 0.4) is 0 Å². The number of amides is 1. The summed E-state index contributed by atoms with van der Waals surface area (Å²) in [5.74, 6) is -0.829. The highest BCUT2D eigenvalue weighted by molar-refractivity contribution is 6.00. The van der Waals surface area contributed by atoms with E-state index in [1.54, 1.807) is 41.1 Å². The predicted octanol–water partition coefficient (Wildman–Crippen LogP) is 1.78. The van der Waals surface area contributed by atoms with Crippen molar-refractivity contribution in [2.45, 2.75) is 0 Å². The number of nitrogens with zero attached hydrogens (tertiary/aromatic N) is 3. The summed E-state index contributed by atoms with van der Waals surface area (Å²) in [5.41, 5.74) is 5.91. The van der Waals surface area contributed by atoms with Crippen molar-refractivity contribution in [3.8, 4) is 11.8 Å². The molecule has 0 spiro atoms. The van der Waals surface area contributed by atoms with Crippen LogP contribution in [0.2, 0.25) is 0 Å². The van der Waals surface area contributed by atoms with Gasteiger partial charge in [-0.05, 0) is 24.3 Å². The van der Waals surface area contributed by atoms with Crippen molar-refractivity contribution < 1.29 is 9.72 Å². The number of primary amides is 1. The third kappa shape index (κ3) is 2.96. The first-order chi connectivity index (χ1) is 10.0. The SMILES string of the molecule is N#C/C(=C\c1cccn1-c1cccc([N+](=O)[O-])c1)C(N)=O. The summed E-state index contributed by atoms with van der Waals surface area (Å²) < 4.78 is 1.62. The number of rotatable bonds is 4. The molecule has 7 heteroatoms. The Morgan fingerprint density at radius 1 is 1.38 bits per heavy atom. The van der Waals surface area contributed by atoms with Crippen molar-refractivity contribution in [2.75, 3.05) is 0 Å². The van der Waals surface area contributed by atoms with E-state index in [1.807, 2.05) is 0 Å². The van der Waals surface area contributed by atoms with Gasteiger partial charge in [0.15, 0.2) is 0 Å². The lowest BCUT2D eigenvalue weighted by atomic mass is 10.2. The first-order valence-corrected chi connectivity index (χ1v) is 5.86. The molecule has 0 atom stereocenters. The Balaban J connectivity index is 2.51. The van der Waals surface area contributed by atoms with E-state index >= 15 is 0 Å². The van der Waals surface area contributed by atoms with Gasteiger partial charge in [-0.15, -0.1) is 0 Å². The molecule has 2 N–H and O–H groups in total. The highest BCUT2D eigenvalue weighted by atomic mass is 16.6. The molecule has 1 aromatic carbocycles. The van der Waals surface area contributed by atoms with E-state index < -0.39 is 10.8 Å². The molecule has 2 rings (SSSR count). The van der Waals surface area contributed by atoms with E-state index in [2.05, 4.69) is 0 Å². The molecule has 2 aromatic rings. The Hall–Kier alpha value is -3.40. The molecule has 1 amide bonds. The van der Waals surface area contributed by atoms with Crippen molar-refractivity contribution in [3.05, 3.63) is 64.0 Å². The van der Waals surface area contributed by atoms with Gasteiger partial charge < -0.3 is 10.3 Å². The zero-order chi connectivity index (χ0) is 15.4. The van der Waals surface area contributed by atoms with E-state index in [-0.39, 0.29) is 11.3 Å². The van der Waals surface area contributed by atoms with Crippen LogP contribution in [0.1, 0.15) is 5.69 Å². The van der Waals surface area contributed by atoms with Crippen molar-refractivity contribution >= 4 is 17.7 Å². The third-order valence-corrected chi connectivity index (χ3v) is 2.78. The Labute approximate surface area is 119 Å². The number of hydrogen-bond donors (Lipinski definition) is 1. The summed E-state index contributed by atoms with van der Waals surface area (Å²) in [5, 5.41) is 19.7. The second-order valence-corrected chi connectivity index (χ2v) is 4.11. The Kier molecular flexibility index (Phi) is 3.81. The van der Waals surface area contributed by atoms with Crippen LogP contribution < -0.4 is 5.73 Å². The first kappa shape index (κ1) is 14.0. The molecule has 0 saturated carbocycles. The van der Waals surface area contributed by atoms with E-state index in [4.69, 9.17) is 11.0 Å². The van der Waals surface area contributed by atoms with Crippen LogP contribution in [-0.4, -0.2) is 15.4 Å². The molecule has 7 nitrogen and oxygen atoms in total. The molecule has 0 aliphatic heterocycles. The number of nitriles is 1. The standard InChI is InChI=1S/C14H10N4O3/c15-9-10(14(16)19)7-11-5-2-6-17(11)12-3-1-4-13(8-12)18(20)21/h1-8H,(H2,16,19)/b10-7+. The highest BCUT2D eigenvalue weighted by Crippen LogP contribution is 2.20. The summed E-state index contributed by atoms with van der Waals surface area (Å²) >= 11 is 0. The van der Waals surface area contributed by atoms with E-state index in [9.17, 15) is 14.9 Å². The van der Waals surface area contributed by atoms with Crippen LogP contribution in [0.5, 0.6) is 0 Å². The maximum atomic E-state index is 11.1. The first-order valence-electron chi connectivity index (χ1n) is 5.86. The van der Waals surface area contributed by atoms with Gasteiger partial charge in [0, 0.05) is 24.0 Å². The minimum Gasteiger partial charge on any atom is -0.365 e. The molecule has 0 radical (unpaired) electrons. The van der Waals surface area contributed by atoms with Crippen LogP contribution in [0.25, 0.3) is 11.8 Å². The number of nitro benzene ring substituents is 1. The topological polar surface area (TPSA) is 115 Å². The van der Waals surface area contributed by atoms with Gasteiger partial charge in [0.25, 0.3) is 11.6 Å². The smallest absolute Gasteiger partial charge is 0.271 e. The van der Waals surface area contributed by atoms with Gasteiger partial charge >= 0.3 is 0 Å². The second kappa shape index (κ2) is 5.71. The summed E-state index contributed by atoms with van der Waals surface area (Å²) in [6, 6.07) is 11.1. The van der Waals surface area contributed by atoms with Crippen LogP contribution in [0.4, 0.5) is 5.69 Å². The Morgan fingerprint density at radius 2 is 2.14 bits per heavy atom. The van der Waals surface area contributed by atoms with Crippen molar-refractivity contribution in [3.63, 3.8) is 0 Å². The Morgan fingerprint density at radius 3 is 2.76 bits per heavy atom. The molecule has 0 aliphatic carbocycles. The number of aromatic nitrogens is 1. The van der Waals surface area contributed by atoms with Gasteiger partial charge in [0.05, 0.1) is 10.6 Å². The number of nitro groups is 1. The van der Waals surface area contributed by atoms with E-state index in [0.29, 0.717) is 11.4 Å². The second-order valence-electron chi connectivity index (χ2n) is 4.11. The number of non-ortho nitro benzene ring substituents is 1. The fraction of sp³-hybridized carbons (Fsp3) is 0. The lowest BCUT2D eigenvalue weighted by Crippen LogP contribution is -2.12. The zero-order valence-corrected chi connectivity index (χ0v) is 10.8. The van der Waals surface area contributed by atoms with Crippen LogP contribution in [-0.2, 0) is 4.79 Å². The number of nitrogens with two attached hydrogens (primary N) is 1. The van der Waals surface area contributed by atoms with Crippen molar-refractivity contribution in [1.82, 2.24) is 4.57 Å². The zero-order valence-electron chi connectivity index (χ0n) is 10.8. The van der Waals surface area contributed by atoms with Crippen LogP contribution in [0, 0.1) is 21.4 Å². The molecular formula is C14H10N4O3. The molecule has 0 aliphatic rings. The van der Waals surface area contributed by atoms with Gasteiger partial charge in [-0.1, -0.05) is 6.07 Å². The van der Waals surface area contributed by atoms with Gasteiger partial charge in [-0.2, -0.15) is 5.26 Å². The van der Waals surface area contributed by atoms with Gasteiger partial charge in [-0.3, -0.25) is 14.9 Å². The summed E-state index contributed by atoms with van der Waals surface area (Å²) in [7, 11) is 0. The van der Waals surface area contributed by atoms with Crippen molar-refractivity contribution in [2.24, 2.45) is 5.73 Å². The average Bonchev–Trinajstić information content (AvgIpc) is 2.92. The highest BCUT2D eigenvalue weighted by Gasteiger charge is 2.10. The normalized spacial score (nSPS) is 10.9. The molecule has 0 bridgehead atoms. The minimum absolute atomic E-state index is 0.0495. The summed E-state index contributed by atoms with van der Waals surface area (Å²) in [4.78, 5) is 21.4. The van der Waals surface area contributed by atoms with Crippen LogP contribution >= 0.6 is 0 Å². The molecule has 1 aromatic heterocycles. The van der Waals surface area contributed by atoms with E-state index in [1.165, 1.54) is 18.2 Å².